The van der Waals surface area contributed by atoms with Crippen LogP contribution in [0.1, 0.15) is 19.8 Å². The Labute approximate surface area is 150 Å². The largest absolute Gasteiger partial charge is 0.383 e. The van der Waals surface area contributed by atoms with E-state index < -0.39 is 0 Å². The fraction of sp³-hybridized carbons (Fsp3) is 0.857. The number of aliphatic imine (C=N–C) groups is 1. The highest BCUT2D eigenvalue weighted by atomic mass is 127. The topological polar surface area (TPSA) is 75.2 Å². The second kappa shape index (κ2) is 11.0. The van der Waals surface area contributed by atoms with Gasteiger partial charge in [0.15, 0.2) is 5.96 Å². The van der Waals surface area contributed by atoms with Crippen molar-refractivity contribution in [2.24, 2.45) is 4.99 Å². The van der Waals surface area contributed by atoms with Crippen LogP contribution in [-0.4, -0.2) is 76.4 Å². The summed E-state index contributed by atoms with van der Waals surface area (Å²) in [6.07, 6.45) is 2.11. The van der Waals surface area contributed by atoms with E-state index in [0.717, 1.165) is 19.4 Å². The molecular formula is C14H29IN4O3. The number of likely N-dealkylation sites (N-methyl/N-ethyl adjacent to an activating group) is 1. The van der Waals surface area contributed by atoms with Crippen molar-refractivity contribution >= 4 is 35.8 Å². The summed E-state index contributed by atoms with van der Waals surface area (Å²) in [6.45, 7) is 4.90. The Morgan fingerprint density at radius 1 is 1.41 bits per heavy atom. The van der Waals surface area contributed by atoms with Crippen molar-refractivity contribution in [3.63, 3.8) is 0 Å². The van der Waals surface area contributed by atoms with Gasteiger partial charge in [-0.15, -0.1) is 24.0 Å². The minimum atomic E-state index is -0.157. The highest BCUT2D eigenvalue weighted by Gasteiger charge is 2.29. The number of methoxy groups -OCH3 is 1. The molecule has 0 aromatic carbocycles. The Bertz CT molecular complexity index is 358. The van der Waals surface area contributed by atoms with Crippen LogP contribution >= 0.6 is 24.0 Å². The molecule has 0 aromatic heterocycles. The molecule has 0 aliphatic carbocycles. The maximum Gasteiger partial charge on any atom is 0.243 e. The van der Waals surface area contributed by atoms with E-state index in [2.05, 4.69) is 22.5 Å². The summed E-state index contributed by atoms with van der Waals surface area (Å²) < 4.78 is 10.7. The summed E-state index contributed by atoms with van der Waals surface area (Å²) in [4.78, 5) is 17.4. The van der Waals surface area contributed by atoms with Crippen LogP contribution in [0.5, 0.6) is 0 Å². The molecule has 1 rings (SSSR count). The molecule has 2 N–H and O–H groups in total. The van der Waals surface area contributed by atoms with E-state index >= 15 is 0 Å². The summed E-state index contributed by atoms with van der Waals surface area (Å²) in [5.41, 5.74) is -0.157. The highest BCUT2D eigenvalue weighted by molar-refractivity contribution is 14.0. The van der Waals surface area contributed by atoms with E-state index in [9.17, 15) is 4.79 Å². The zero-order valence-electron chi connectivity index (χ0n) is 14.0. The van der Waals surface area contributed by atoms with E-state index in [-0.39, 0.29) is 42.0 Å². The quantitative estimate of drug-likeness (QED) is 0.267. The molecule has 0 saturated carbocycles. The third-order valence-electron chi connectivity index (χ3n) is 3.40. The molecule has 1 amide bonds. The van der Waals surface area contributed by atoms with Crippen LogP contribution < -0.4 is 10.6 Å². The van der Waals surface area contributed by atoms with Gasteiger partial charge in [0.25, 0.3) is 0 Å². The predicted octanol–water partition coefficient (Wildman–Crippen LogP) is 0.443. The van der Waals surface area contributed by atoms with Crippen LogP contribution in [0.15, 0.2) is 4.99 Å². The van der Waals surface area contributed by atoms with Crippen LogP contribution in [0.25, 0.3) is 0 Å². The molecule has 1 aliphatic heterocycles. The Morgan fingerprint density at radius 3 is 2.68 bits per heavy atom. The first-order valence-corrected chi connectivity index (χ1v) is 7.32. The lowest BCUT2D eigenvalue weighted by molar-refractivity contribution is -0.127. The molecular weight excluding hydrogens is 399 g/mol. The van der Waals surface area contributed by atoms with Crippen LogP contribution in [-0.2, 0) is 14.3 Å². The number of ether oxygens (including phenoxy) is 2. The normalized spacial score (nSPS) is 21.2. The molecule has 7 nitrogen and oxygen atoms in total. The molecule has 0 radical (unpaired) electrons. The second-order valence-electron chi connectivity index (χ2n) is 5.63. The molecule has 0 bridgehead atoms. The van der Waals surface area contributed by atoms with Gasteiger partial charge in [-0.3, -0.25) is 4.79 Å². The number of hydrogen-bond donors (Lipinski definition) is 2. The SMILES string of the molecule is COCCNC(=NCC(=O)N(C)C)NCC1(C)CCCO1.I. The van der Waals surface area contributed by atoms with E-state index in [1.54, 1.807) is 21.2 Å². The lowest BCUT2D eigenvalue weighted by Gasteiger charge is -2.24. The van der Waals surface area contributed by atoms with Crippen LogP contribution in [0.4, 0.5) is 0 Å². The van der Waals surface area contributed by atoms with Gasteiger partial charge in [0.05, 0.1) is 12.2 Å². The Morgan fingerprint density at radius 2 is 2.14 bits per heavy atom. The Balaban J connectivity index is 0.00000441. The summed E-state index contributed by atoms with van der Waals surface area (Å²) in [6, 6.07) is 0. The molecule has 1 saturated heterocycles. The summed E-state index contributed by atoms with van der Waals surface area (Å²) in [5.74, 6) is 0.574. The van der Waals surface area contributed by atoms with Crippen LogP contribution in [0, 0.1) is 0 Å². The van der Waals surface area contributed by atoms with Gasteiger partial charge in [0.1, 0.15) is 6.54 Å². The summed E-state index contributed by atoms with van der Waals surface area (Å²) in [7, 11) is 5.09. The molecule has 0 aromatic rings. The van der Waals surface area contributed by atoms with Gasteiger partial charge < -0.3 is 25.0 Å². The van der Waals surface area contributed by atoms with Gasteiger partial charge in [-0.2, -0.15) is 0 Å². The number of halogens is 1. The predicted molar refractivity (Wildman–Crippen MR) is 97.9 cm³/mol. The number of hydrogen-bond acceptors (Lipinski definition) is 4. The third-order valence-corrected chi connectivity index (χ3v) is 3.40. The molecule has 1 heterocycles. The van der Waals surface area contributed by atoms with Gasteiger partial charge in [-0.1, -0.05) is 0 Å². The molecule has 1 atom stereocenters. The van der Waals surface area contributed by atoms with Gasteiger partial charge in [0, 0.05) is 40.9 Å². The standard InChI is InChI=1S/C14H28N4O3.HI/c1-14(6-5-8-21-14)11-17-13(15-7-9-20-4)16-10-12(19)18(2)3;/h5-11H2,1-4H3,(H2,15,16,17);1H. The van der Waals surface area contributed by atoms with Crippen LogP contribution in [0.2, 0.25) is 0 Å². The van der Waals surface area contributed by atoms with Crippen molar-refractivity contribution in [2.75, 3.05) is 54.1 Å². The minimum absolute atomic E-state index is 0. The molecule has 1 aliphatic rings. The van der Waals surface area contributed by atoms with Gasteiger partial charge >= 0.3 is 0 Å². The Hall–Kier alpha value is -0.610. The lowest BCUT2D eigenvalue weighted by Crippen LogP contribution is -2.46. The average molecular weight is 428 g/mol. The second-order valence-corrected chi connectivity index (χ2v) is 5.63. The van der Waals surface area contributed by atoms with Gasteiger partial charge in [0.2, 0.25) is 5.91 Å². The molecule has 1 fully saturated rings. The van der Waals surface area contributed by atoms with Crippen molar-refractivity contribution in [2.45, 2.75) is 25.4 Å². The number of nitrogens with one attached hydrogen (secondary N) is 2. The maximum absolute atomic E-state index is 11.6. The minimum Gasteiger partial charge on any atom is -0.383 e. The molecule has 1 unspecified atom stereocenters. The van der Waals surface area contributed by atoms with Crippen molar-refractivity contribution < 1.29 is 14.3 Å². The molecule has 8 heteroatoms. The maximum atomic E-state index is 11.6. The molecule has 130 valence electrons. The Kier molecular flexibility index (Phi) is 10.7. The van der Waals surface area contributed by atoms with E-state index in [0.29, 0.717) is 25.7 Å². The zero-order valence-corrected chi connectivity index (χ0v) is 16.3. The average Bonchev–Trinajstić information content (AvgIpc) is 2.88. The first-order valence-electron chi connectivity index (χ1n) is 7.32. The number of carbonyl (C=O) groups excluding carboxylic acids is 1. The molecule has 0 spiro atoms. The van der Waals surface area contributed by atoms with Crippen molar-refractivity contribution in [1.29, 1.82) is 0 Å². The number of rotatable bonds is 7. The van der Waals surface area contributed by atoms with Crippen molar-refractivity contribution in [3.05, 3.63) is 0 Å². The van der Waals surface area contributed by atoms with E-state index in [1.807, 2.05) is 0 Å². The number of guanidine groups is 1. The number of nitrogens with zero attached hydrogens (tertiary/aromatic N) is 2. The third kappa shape index (κ3) is 8.14. The highest BCUT2D eigenvalue weighted by Crippen LogP contribution is 2.23. The number of carbonyl (C=O) groups is 1. The fourth-order valence-corrected chi connectivity index (χ4v) is 1.98. The van der Waals surface area contributed by atoms with Gasteiger partial charge in [-0.05, 0) is 19.8 Å². The van der Waals surface area contributed by atoms with Crippen molar-refractivity contribution in [3.8, 4) is 0 Å². The fourth-order valence-electron chi connectivity index (χ4n) is 1.98. The van der Waals surface area contributed by atoms with E-state index in [1.165, 1.54) is 4.90 Å². The summed E-state index contributed by atoms with van der Waals surface area (Å²) >= 11 is 0. The van der Waals surface area contributed by atoms with E-state index in [4.69, 9.17) is 9.47 Å². The monoisotopic (exact) mass is 428 g/mol. The molecule has 22 heavy (non-hydrogen) atoms. The smallest absolute Gasteiger partial charge is 0.243 e. The first-order chi connectivity index (χ1) is 9.97. The number of amides is 1. The van der Waals surface area contributed by atoms with Gasteiger partial charge in [-0.25, -0.2) is 4.99 Å². The zero-order chi connectivity index (χ0) is 15.7. The lowest BCUT2D eigenvalue weighted by atomic mass is 10.0. The summed E-state index contributed by atoms with van der Waals surface area (Å²) in [5, 5.41) is 6.39. The van der Waals surface area contributed by atoms with Crippen LogP contribution in [0.3, 0.4) is 0 Å². The first kappa shape index (κ1) is 21.4. The van der Waals surface area contributed by atoms with Crippen molar-refractivity contribution in [1.82, 2.24) is 15.5 Å².